The van der Waals surface area contributed by atoms with E-state index in [1.165, 1.54) is 6.08 Å². The lowest BCUT2D eigenvalue weighted by Gasteiger charge is -2.08. The highest BCUT2D eigenvalue weighted by Crippen LogP contribution is 2.18. The van der Waals surface area contributed by atoms with Crippen LogP contribution >= 0.6 is 0 Å². The summed E-state index contributed by atoms with van der Waals surface area (Å²) in [6, 6.07) is 13.5. The Balaban J connectivity index is 1.69. The second kappa shape index (κ2) is 15.5. The van der Waals surface area contributed by atoms with Crippen molar-refractivity contribution in [2.75, 3.05) is 33.0 Å². The first-order valence-corrected chi connectivity index (χ1v) is 11.0. The molecule has 9 heteroatoms. The van der Waals surface area contributed by atoms with Crippen LogP contribution in [0.4, 0.5) is 0 Å². The van der Waals surface area contributed by atoms with E-state index in [1.54, 1.807) is 54.6 Å². The fourth-order valence-corrected chi connectivity index (χ4v) is 2.53. The Labute approximate surface area is 209 Å². The van der Waals surface area contributed by atoms with E-state index >= 15 is 0 Å². The normalized spacial score (nSPS) is 10.4. The van der Waals surface area contributed by atoms with E-state index < -0.39 is 24.5 Å². The van der Waals surface area contributed by atoms with Gasteiger partial charge in [-0.15, -0.1) is 0 Å². The van der Waals surface area contributed by atoms with Crippen LogP contribution in [0.15, 0.2) is 79.4 Å². The highest BCUT2D eigenvalue weighted by Gasteiger charge is 2.07. The fourth-order valence-electron chi connectivity index (χ4n) is 2.53. The molecule has 0 saturated carbocycles. The van der Waals surface area contributed by atoms with Crippen molar-refractivity contribution in [3.05, 3.63) is 85.0 Å². The van der Waals surface area contributed by atoms with Gasteiger partial charge in [-0.2, -0.15) is 0 Å². The minimum atomic E-state index is -0.635. The third-order valence-electron chi connectivity index (χ3n) is 4.37. The number of hydrogen-bond donors (Lipinski definition) is 1. The standard InChI is InChI=1S/C27H28O9/c1-3-25(29)34-18-17-33-22-8-5-21(6-9-22)7-14-26(30)36-24-12-10-23(11-13-24)32-15-4-16-35-27(31)20(2)19-28/h3,5-14,28H,1-2,4,15-19H2/b14-7+. The first kappa shape index (κ1) is 27.9. The molecule has 0 fully saturated rings. The average Bonchev–Trinajstić information content (AvgIpc) is 2.90. The molecule has 1 N–H and O–H groups in total. The lowest BCUT2D eigenvalue weighted by molar-refractivity contribution is -0.140. The van der Waals surface area contributed by atoms with Crippen molar-refractivity contribution in [2.24, 2.45) is 0 Å². The molecule has 0 aromatic heterocycles. The van der Waals surface area contributed by atoms with Gasteiger partial charge in [-0.05, 0) is 48.0 Å². The molecule has 0 radical (unpaired) electrons. The van der Waals surface area contributed by atoms with Gasteiger partial charge in [0, 0.05) is 18.6 Å². The topological polar surface area (TPSA) is 118 Å². The van der Waals surface area contributed by atoms with Crippen LogP contribution in [0.5, 0.6) is 17.2 Å². The van der Waals surface area contributed by atoms with Crippen molar-refractivity contribution in [1.29, 1.82) is 0 Å². The molecule has 0 aliphatic carbocycles. The summed E-state index contributed by atoms with van der Waals surface area (Å²) >= 11 is 0. The first-order chi connectivity index (χ1) is 17.4. The largest absolute Gasteiger partial charge is 0.493 e. The highest BCUT2D eigenvalue weighted by molar-refractivity contribution is 5.89. The van der Waals surface area contributed by atoms with Gasteiger partial charge in [0.25, 0.3) is 0 Å². The number of carbonyl (C=O) groups excluding carboxylic acids is 3. The maximum Gasteiger partial charge on any atom is 0.336 e. The van der Waals surface area contributed by atoms with Crippen LogP contribution in [-0.4, -0.2) is 56.0 Å². The van der Waals surface area contributed by atoms with Gasteiger partial charge in [-0.3, -0.25) is 0 Å². The number of hydrogen-bond acceptors (Lipinski definition) is 9. The summed E-state index contributed by atoms with van der Waals surface area (Å²) in [6.07, 6.45) is 4.46. The van der Waals surface area contributed by atoms with E-state index in [1.807, 2.05) is 0 Å². The van der Waals surface area contributed by atoms with Gasteiger partial charge in [-0.25, -0.2) is 14.4 Å². The van der Waals surface area contributed by atoms with Crippen LogP contribution < -0.4 is 14.2 Å². The summed E-state index contributed by atoms with van der Waals surface area (Å²) in [5.74, 6) is -0.161. The molecule has 36 heavy (non-hydrogen) atoms. The molecule has 2 aromatic carbocycles. The van der Waals surface area contributed by atoms with Gasteiger partial charge in [0.2, 0.25) is 0 Å². The second-order valence-corrected chi connectivity index (χ2v) is 7.11. The Morgan fingerprint density at radius 2 is 1.39 bits per heavy atom. The van der Waals surface area contributed by atoms with Crippen LogP contribution in [0.1, 0.15) is 12.0 Å². The van der Waals surface area contributed by atoms with Crippen molar-refractivity contribution < 1.29 is 43.2 Å². The average molecular weight is 497 g/mol. The summed E-state index contributed by atoms with van der Waals surface area (Å²) in [4.78, 5) is 34.4. The molecule has 2 aromatic rings. The van der Waals surface area contributed by atoms with Crippen molar-refractivity contribution in [3.63, 3.8) is 0 Å². The summed E-state index contributed by atoms with van der Waals surface area (Å²) < 4.78 is 26.0. The van der Waals surface area contributed by atoms with E-state index in [4.69, 9.17) is 28.8 Å². The van der Waals surface area contributed by atoms with Gasteiger partial charge < -0.3 is 28.8 Å². The minimum absolute atomic E-state index is 0.000768. The molecule has 190 valence electrons. The Kier molecular flexibility index (Phi) is 12.0. The molecule has 0 unspecified atom stereocenters. The Hall–Kier alpha value is -4.37. The number of rotatable bonds is 15. The van der Waals surface area contributed by atoms with Gasteiger partial charge in [0.15, 0.2) is 0 Å². The number of benzene rings is 2. The molecule has 0 aliphatic rings. The Bertz CT molecular complexity index is 1050. The van der Waals surface area contributed by atoms with Crippen molar-refractivity contribution in [2.45, 2.75) is 6.42 Å². The maximum atomic E-state index is 12.1. The quantitative estimate of drug-likeness (QED) is 0.172. The Morgan fingerprint density at radius 3 is 2.03 bits per heavy atom. The smallest absolute Gasteiger partial charge is 0.336 e. The molecule has 0 bridgehead atoms. The van der Waals surface area contributed by atoms with E-state index in [-0.39, 0.29) is 25.4 Å². The number of carbonyl (C=O) groups is 3. The maximum absolute atomic E-state index is 12.1. The van der Waals surface area contributed by atoms with Gasteiger partial charge in [0.05, 0.1) is 25.4 Å². The predicted octanol–water partition coefficient (Wildman–Crippen LogP) is 3.27. The van der Waals surface area contributed by atoms with E-state index in [0.29, 0.717) is 30.3 Å². The monoisotopic (exact) mass is 496 g/mol. The molecule has 0 spiro atoms. The zero-order chi connectivity index (χ0) is 26.2. The lowest BCUT2D eigenvalue weighted by Crippen LogP contribution is -2.12. The number of aliphatic hydroxyl groups is 1. The lowest BCUT2D eigenvalue weighted by atomic mass is 10.2. The second-order valence-electron chi connectivity index (χ2n) is 7.11. The molecule has 0 heterocycles. The summed E-state index contributed by atoms with van der Waals surface area (Å²) in [7, 11) is 0. The summed E-state index contributed by atoms with van der Waals surface area (Å²) in [5, 5.41) is 8.80. The SMILES string of the molecule is C=CC(=O)OCCOc1ccc(/C=C/C(=O)Oc2ccc(OCCCOC(=O)C(=C)CO)cc2)cc1. The van der Waals surface area contributed by atoms with E-state index in [0.717, 1.165) is 11.6 Å². The third kappa shape index (κ3) is 10.7. The number of ether oxygens (including phenoxy) is 5. The van der Waals surface area contributed by atoms with Gasteiger partial charge in [0.1, 0.15) is 30.5 Å². The fraction of sp³-hybridized carbons (Fsp3) is 0.222. The third-order valence-corrected chi connectivity index (χ3v) is 4.37. The molecule has 0 aliphatic heterocycles. The Morgan fingerprint density at radius 1 is 0.778 bits per heavy atom. The zero-order valence-corrected chi connectivity index (χ0v) is 19.7. The van der Waals surface area contributed by atoms with Crippen LogP contribution in [0.3, 0.4) is 0 Å². The first-order valence-electron chi connectivity index (χ1n) is 11.0. The van der Waals surface area contributed by atoms with Crippen LogP contribution in [-0.2, 0) is 23.9 Å². The summed E-state index contributed by atoms with van der Waals surface area (Å²) in [6.45, 7) is 7.03. The highest BCUT2D eigenvalue weighted by atomic mass is 16.6. The van der Waals surface area contributed by atoms with Crippen LogP contribution in [0, 0.1) is 0 Å². The summed E-state index contributed by atoms with van der Waals surface area (Å²) in [5.41, 5.74) is 0.772. The van der Waals surface area contributed by atoms with Gasteiger partial charge >= 0.3 is 17.9 Å². The number of aliphatic hydroxyl groups excluding tert-OH is 1. The molecule has 0 atom stereocenters. The molecule has 2 rings (SSSR count). The van der Waals surface area contributed by atoms with Crippen LogP contribution in [0.2, 0.25) is 0 Å². The molecular weight excluding hydrogens is 468 g/mol. The minimum Gasteiger partial charge on any atom is -0.493 e. The van der Waals surface area contributed by atoms with Crippen molar-refractivity contribution in [1.82, 2.24) is 0 Å². The van der Waals surface area contributed by atoms with E-state index in [2.05, 4.69) is 13.2 Å². The van der Waals surface area contributed by atoms with E-state index in [9.17, 15) is 14.4 Å². The van der Waals surface area contributed by atoms with Gasteiger partial charge in [-0.1, -0.05) is 25.3 Å². The van der Waals surface area contributed by atoms with Crippen molar-refractivity contribution >= 4 is 24.0 Å². The zero-order valence-electron chi connectivity index (χ0n) is 19.7. The molecular formula is C27H28O9. The molecule has 9 nitrogen and oxygen atoms in total. The van der Waals surface area contributed by atoms with Crippen LogP contribution in [0.25, 0.3) is 6.08 Å². The number of esters is 3. The molecule has 0 amide bonds. The predicted molar refractivity (Wildman–Crippen MR) is 132 cm³/mol. The van der Waals surface area contributed by atoms with Crippen molar-refractivity contribution in [3.8, 4) is 17.2 Å². The molecule has 0 saturated heterocycles.